The topological polar surface area (TPSA) is 77.3 Å². The molecule has 18 aromatic rings. The Hall–Kier alpha value is -14.5. The molecule has 4 aliphatic rings. The minimum Gasteiger partial charge on any atom is -0.208 e. The zero-order valence-electron chi connectivity index (χ0n) is 59.8. The van der Waals surface area contributed by atoms with Crippen LogP contribution in [0.2, 0.25) is 0 Å². The quantitative estimate of drug-likeness (QED) is 0.136. The molecular weight excluding hydrogens is 1330 g/mol. The number of hydrogen-bond acceptors (Lipinski definition) is 6. The van der Waals surface area contributed by atoms with E-state index < -0.39 is 0 Å². The molecule has 2 spiro atoms. The summed E-state index contributed by atoms with van der Waals surface area (Å²) in [4.78, 5) is 29.8. The summed E-state index contributed by atoms with van der Waals surface area (Å²) >= 11 is 0. The van der Waals surface area contributed by atoms with Gasteiger partial charge in [-0.25, -0.2) is 29.9 Å². The molecule has 6 nitrogen and oxygen atoms in total. The maximum Gasteiger partial charge on any atom is 0.164 e. The predicted molar refractivity (Wildman–Crippen MR) is 447 cm³/mol. The molecule has 4 aliphatic carbocycles. The Kier molecular flexibility index (Phi) is 15.3. The normalized spacial score (nSPS) is 12.9. The number of rotatable bonds is 10. The lowest BCUT2D eigenvalue weighted by molar-refractivity contribution is 0.794. The summed E-state index contributed by atoms with van der Waals surface area (Å²) < 4.78 is 0. The minimum absolute atomic E-state index is 0.356. The van der Waals surface area contributed by atoms with Gasteiger partial charge in [0.2, 0.25) is 0 Å². The molecule has 0 atom stereocenters. The highest BCUT2D eigenvalue weighted by Gasteiger charge is 2.53. The highest BCUT2D eigenvalue weighted by atomic mass is 15.0. The van der Waals surface area contributed by atoms with Crippen LogP contribution < -0.4 is 0 Å². The standard InChI is InChI=1S/2C52H33N3/c1-3-14-36(15-4-1)49-53-50(37-16-5-2-6-17-37)55-51(54-49)40-19-13-18-38(32-40)34-26-28-35(29-27-34)39-30-31-44-43-22-9-12-25-47(43)52(48(44)33-39)45-23-10-7-20-41(45)42-21-8-11-24-46(42)52;1-3-15-36(16-4-1)49-53-50(37-17-5-2-6-18-37)55-51(54-49)44-23-8-7-19-39(44)35-29-27-34(28-30-35)38-31-32-43-42-22-11-14-26-47(42)52(48(43)33-38)45-24-12-9-20-40(45)41-21-10-13-25-46(41)52/h2*1-33H. The van der Waals surface area contributed by atoms with Crippen LogP contribution in [0.1, 0.15) is 44.5 Å². The molecular formula is C104H66N6. The van der Waals surface area contributed by atoms with E-state index in [1.165, 1.54) is 111 Å². The van der Waals surface area contributed by atoms with Crippen molar-refractivity contribution in [2.24, 2.45) is 0 Å². The second-order valence-corrected chi connectivity index (χ2v) is 28.7. The molecule has 0 fully saturated rings. The van der Waals surface area contributed by atoms with Gasteiger partial charge < -0.3 is 0 Å². The van der Waals surface area contributed by atoms with Crippen LogP contribution in [0.5, 0.6) is 0 Å². The Bertz CT molecular complexity index is 6390. The number of aromatic nitrogens is 6. The van der Waals surface area contributed by atoms with Crippen molar-refractivity contribution in [1.29, 1.82) is 0 Å². The van der Waals surface area contributed by atoms with E-state index in [0.717, 1.165) is 55.6 Å². The molecule has 0 unspecified atom stereocenters. The van der Waals surface area contributed by atoms with Crippen molar-refractivity contribution in [2.75, 3.05) is 0 Å². The van der Waals surface area contributed by atoms with Gasteiger partial charge in [-0.1, -0.05) is 382 Å². The molecule has 0 bridgehead atoms. The molecule has 0 radical (unpaired) electrons. The first-order valence-electron chi connectivity index (χ1n) is 37.6. The van der Waals surface area contributed by atoms with Gasteiger partial charge in [0.25, 0.3) is 0 Å². The van der Waals surface area contributed by atoms with Crippen LogP contribution in [-0.4, -0.2) is 29.9 Å². The van der Waals surface area contributed by atoms with Gasteiger partial charge in [0.05, 0.1) is 10.8 Å². The largest absolute Gasteiger partial charge is 0.208 e. The second-order valence-electron chi connectivity index (χ2n) is 28.7. The Labute approximate surface area is 638 Å². The zero-order chi connectivity index (χ0) is 72.7. The molecule has 0 aliphatic heterocycles. The summed E-state index contributed by atoms with van der Waals surface area (Å²) in [5.74, 6) is 3.91. The lowest BCUT2D eigenvalue weighted by Gasteiger charge is -2.30. The van der Waals surface area contributed by atoms with Crippen LogP contribution in [0.4, 0.5) is 0 Å². The fourth-order valence-corrected chi connectivity index (χ4v) is 17.9. The van der Waals surface area contributed by atoms with E-state index in [4.69, 9.17) is 29.9 Å². The van der Waals surface area contributed by atoms with Gasteiger partial charge in [-0.15, -0.1) is 0 Å². The first-order chi connectivity index (χ1) is 54.5. The summed E-state index contributed by atoms with van der Waals surface area (Å²) in [5, 5.41) is 0. The van der Waals surface area contributed by atoms with Crippen molar-refractivity contribution in [1.82, 2.24) is 29.9 Å². The minimum atomic E-state index is -0.365. The van der Waals surface area contributed by atoms with Crippen molar-refractivity contribution in [2.45, 2.75) is 10.8 Å². The van der Waals surface area contributed by atoms with E-state index in [1.54, 1.807) is 0 Å². The van der Waals surface area contributed by atoms with Gasteiger partial charge in [-0.2, -0.15) is 0 Å². The van der Waals surface area contributed by atoms with Crippen LogP contribution in [0.25, 0.3) is 157 Å². The van der Waals surface area contributed by atoms with Crippen molar-refractivity contribution in [3.63, 3.8) is 0 Å². The average molecular weight is 1400 g/mol. The van der Waals surface area contributed by atoms with E-state index in [-0.39, 0.29) is 10.8 Å². The van der Waals surface area contributed by atoms with Gasteiger partial charge in [0.1, 0.15) is 0 Å². The Morgan fingerprint density at radius 3 is 0.664 bits per heavy atom. The third-order valence-electron chi connectivity index (χ3n) is 22.8. The highest BCUT2D eigenvalue weighted by molar-refractivity contribution is 5.98. The van der Waals surface area contributed by atoms with E-state index in [1.807, 2.05) is 121 Å². The van der Waals surface area contributed by atoms with E-state index in [2.05, 4.69) is 279 Å². The first-order valence-corrected chi connectivity index (χ1v) is 37.6. The summed E-state index contributed by atoms with van der Waals surface area (Å²) in [7, 11) is 0. The van der Waals surface area contributed by atoms with Crippen LogP contribution in [0.15, 0.2) is 400 Å². The lowest BCUT2D eigenvalue weighted by atomic mass is 9.70. The molecule has 16 aromatic carbocycles. The number of benzene rings is 16. The molecule has 110 heavy (non-hydrogen) atoms. The van der Waals surface area contributed by atoms with E-state index >= 15 is 0 Å². The monoisotopic (exact) mass is 1400 g/mol. The maximum atomic E-state index is 5.05. The molecule has 0 saturated carbocycles. The Morgan fingerprint density at radius 2 is 0.336 bits per heavy atom. The molecule has 2 heterocycles. The summed E-state index contributed by atoms with van der Waals surface area (Å²) in [5.41, 5.74) is 35.5. The molecule has 0 amide bonds. The summed E-state index contributed by atoms with van der Waals surface area (Å²) in [6, 6.07) is 143. The van der Waals surface area contributed by atoms with Crippen molar-refractivity contribution in [3.05, 3.63) is 445 Å². The zero-order valence-corrected chi connectivity index (χ0v) is 59.8. The maximum absolute atomic E-state index is 5.05. The molecule has 2 aromatic heterocycles. The van der Waals surface area contributed by atoms with Crippen LogP contribution >= 0.6 is 0 Å². The van der Waals surface area contributed by atoms with Gasteiger partial charge in [0.15, 0.2) is 34.9 Å². The number of hydrogen-bond donors (Lipinski definition) is 0. The molecule has 22 rings (SSSR count). The average Bonchev–Trinajstić information content (AvgIpc) is 1.52. The van der Waals surface area contributed by atoms with Crippen molar-refractivity contribution in [3.8, 4) is 157 Å². The van der Waals surface area contributed by atoms with E-state index in [9.17, 15) is 0 Å². The van der Waals surface area contributed by atoms with Gasteiger partial charge in [-0.05, 0) is 152 Å². The Balaban J connectivity index is 0.000000140. The fraction of sp³-hybridized carbons (Fsp3) is 0.0192. The smallest absolute Gasteiger partial charge is 0.164 e. The number of nitrogens with zero attached hydrogens (tertiary/aromatic N) is 6. The second kappa shape index (κ2) is 26.2. The summed E-state index contributed by atoms with van der Waals surface area (Å²) in [6.45, 7) is 0. The van der Waals surface area contributed by atoms with Gasteiger partial charge in [0, 0.05) is 33.4 Å². The number of fused-ring (bicyclic) bond motifs is 20. The van der Waals surface area contributed by atoms with Crippen LogP contribution in [0, 0.1) is 0 Å². The van der Waals surface area contributed by atoms with Gasteiger partial charge in [-0.3, -0.25) is 0 Å². The molecule has 6 heteroatoms. The van der Waals surface area contributed by atoms with Gasteiger partial charge >= 0.3 is 0 Å². The van der Waals surface area contributed by atoms with E-state index in [0.29, 0.717) is 34.9 Å². The lowest BCUT2D eigenvalue weighted by Crippen LogP contribution is -2.25. The summed E-state index contributed by atoms with van der Waals surface area (Å²) in [6.07, 6.45) is 0. The first kappa shape index (κ1) is 64.0. The predicted octanol–water partition coefficient (Wildman–Crippen LogP) is 25.1. The SMILES string of the molecule is c1ccc(-c2nc(-c3ccccc3)nc(-c3cccc(-c4ccc(-c5ccc6c(c5)C5(c7ccccc7-c7ccccc75)c5ccccc5-6)cc4)c3)n2)cc1.c1ccc(-c2nc(-c3ccccc3)nc(-c3ccccc3-c3ccc(-c4ccc5c(c4)C4(c6ccccc6-c6ccccc64)c4ccccc4-5)cc3)n2)cc1. The van der Waals surface area contributed by atoms with Crippen LogP contribution in [-0.2, 0) is 10.8 Å². The van der Waals surface area contributed by atoms with Crippen molar-refractivity contribution >= 4 is 0 Å². The highest BCUT2D eigenvalue weighted by Crippen LogP contribution is 2.65. The van der Waals surface area contributed by atoms with Crippen LogP contribution in [0.3, 0.4) is 0 Å². The molecule has 0 N–H and O–H groups in total. The Morgan fingerprint density at radius 1 is 0.118 bits per heavy atom. The van der Waals surface area contributed by atoms with Crippen molar-refractivity contribution < 1.29 is 0 Å². The third kappa shape index (κ3) is 10.3. The molecule has 512 valence electrons. The fourth-order valence-electron chi connectivity index (χ4n) is 17.9. The third-order valence-corrected chi connectivity index (χ3v) is 22.8. The molecule has 0 saturated heterocycles.